The molecule has 0 saturated carbocycles. The van der Waals surface area contributed by atoms with Crippen molar-refractivity contribution in [1.29, 1.82) is 0 Å². The molecule has 2 fully saturated rings. The number of ether oxygens (including phenoxy) is 2. The molecule has 6 heteroatoms. The van der Waals surface area contributed by atoms with Gasteiger partial charge in [0.25, 0.3) is 5.91 Å². The first kappa shape index (κ1) is 19.4. The van der Waals surface area contributed by atoms with E-state index in [1.165, 1.54) is 24.2 Å². The third-order valence-electron chi connectivity index (χ3n) is 5.85. The molecule has 0 aliphatic carbocycles. The van der Waals surface area contributed by atoms with Gasteiger partial charge in [-0.3, -0.25) is 4.79 Å². The Balaban J connectivity index is 1.38. The van der Waals surface area contributed by atoms with Gasteiger partial charge in [-0.2, -0.15) is 0 Å². The lowest BCUT2D eigenvalue weighted by Crippen LogP contribution is -2.48. The standard InChI is InChI=1S/C23H29N3O3/c1-28-21-15-18(16-22(17-21)29-2)23(27)26-13-11-25(12-14-26)20-7-5-19(6-8-20)24-9-3-4-10-24/h5-8,15-17H,3-4,9-14H2,1-2H3. The average Bonchev–Trinajstić information content (AvgIpc) is 3.33. The van der Waals surface area contributed by atoms with Crippen molar-refractivity contribution in [3.05, 3.63) is 48.0 Å². The molecule has 2 aliphatic rings. The smallest absolute Gasteiger partial charge is 0.254 e. The zero-order valence-electron chi connectivity index (χ0n) is 17.3. The highest BCUT2D eigenvalue weighted by Gasteiger charge is 2.23. The first-order valence-corrected chi connectivity index (χ1v) is 10.3. The Bertz CT molecular complexity index is 817. The minimum absolute atomic E-state index is 0.0197. The second kappa shape index (κ2) is 8.64. The van der Waals surface area contributed by atoms with Crippen LogP contribution in [0.1, 0.15) is 23.2 Å². The highest BCUT2D eigenvalue weighted by Crippen LogP contribution is 2.26. The number of anilines is 2. The van der Waals surface area contributed by atoms with Gasteiger partial charge in [0.2, 0.25) is 0 Å². The summed E-state index contributed by atoms with van der Waals surface area (Å²) in [5.41, 5.74) is 3.14. The molecule has 4 rings (SSSR count). The van der Waals surface area contributed by atoms with Crippen LogP contribution in [0.4, 0.5) is 11.4 Å². The van der Waals surface area contributed by atoms with Gasteiger partial charge in [-0.05, 0) is 49.2 Å². The summed E-state index contributed by atoms with van der Waals surface area (Å²) in [5, 5.41) is 0. The van der Waals surface area contributed by atoms with E-state index < -0.39 is 0 Å². The second-order valence-electron chi connectivity index (χ2n) is 7.59. The number of amides is 1. The summed E-state index contributed by atoms with van der Waals surface area (Å²) in [5.74, 6) is 1.28. The Morgan fingerprint density at radius 1 is 0.724 bits per heavy atom. The van der Waals surface area contributed by atoms with Crippen molar-refractivity contribution >= 4 is 17.3 Å². The number of benzene rings is 2. The number of carbonyl (C=O) groups is 1. The highest BCUT2D eigenvalue weighted by atomic mass is 16.5. The molecule has 154 valence electrons. The van der Waals surface area contributed by atoms with Crippen LogP contribution in [0.5, 0.6) is 11.5 Å². The molecule has 0 radical (unpaired) electrons. The molecule has 0 N–H and O–H groups in total. The van der Waals surface area contributed by atoms with Crippen LogP contribution >= 0.6 is 0 Å². The molecule has 2 aromatic rings. The van der Waals surface area contributed by atoms with Crippen molar-refractivity contribution in [2.24, 2.45) is 0 Å². The van der Waals surface area contributed by atoms with Crippen LogP contribution in [0.15, 0.2) is 42.5 Å². The molecule has 2 heterocycles. The third kappa shape index (κ3) is 4.26. The molecule has 0 aromatic heterocycles. The summed E-state index contributed by atoms with van der Waals surface area (Å²) >= 11 is 0. The van der Waals surface area contributed by atoms with Crippen molar-refractivity contribution in [2.45, 2.75) is 12.8 Å². The fraction of sp³-hybridized carbons (Fsp3) is 0.435. The van der Waals surface area contributed by atoms with E-state index in [-0.39, 0.29) is 5.91 Å². The molecular weight excluding hydrogens is 366 g/mol. The van der Waals surface area contributed by atoms with E-state index in [0.717, 1.165) is 26.2 Å². The van der Waals surface area contributed by atoms with Crippen molar-refractivity contribution in [1.82, 2.24) is 4.90 Å². The number of methoxy groups -OCH3 is 2. The number of nitrogens with zero attached hydrogens (tertiary/aromatic N) is 3. The van der Waals surface area contributed by atoms with E-state index in [2.05, 4.69) is 34.1 Å². The van der Waals surface area contributed by atoms with Crippen LogP contribution in [-0.2, 0) is 0 Å². The average molecular weight is 396 g/mol. The van der Waals surface area contributed by atoms with Gasteiger partial charge >= 0.3 is 0 Å². The molecule has 0 bridgehead atoms. The summed E-state index contributed by atoms with van der Waals surface area (Å²) in [6.07, 6.45) is 2.58. The minimum atomic E-state index is 0.0197. The van der Waals surface area contributed by atoms with E-state index >= 15 is 0 Å². The van der Waals surface area contributed by atoms with Crippen LogP contribution < -0.4 is 19.3 Å². The van der Waals surface area contributed by atoms with Gasteiger partial charge in [-0.1, -0.05) is 0 Å². The quantitative estimate of drug-likeness (QED) is 0.778. The van der Waals surface area contributed by atoms with Crippen molar-refractivity contribution < 1.29 is 14.3 Å². The van der Waals surface area contributed by atoms with E-state index in [0.29, 0.717) is 30.2 Å². The van der Waals surface area contributed by atoms with Crippen molar-refractivity contribution in [2.75, 3.05) is 63.3 Å². The first-order valence-electron chi connectivity index (χ1n) is 10.3. The molecule has 29 heavy (non-hydrogen) atoms. The van der Waals surface area contributed by atoms with Gasteiger partial charge in [-0.15, -0.1) is 0 Å². The zero-order valence-corrected chi connectivity index (χ0v) is 17.3. The molecule has 1 amide bonds. The highest BCUT2D eigenvalue weighted by molar-refractivity contribution is 5.95. The van der Waals surface area contributed by atoms with Gasteiger partial charge in [0.15, 0.2) is 0 Å². The summed E-state index contributed by atoms with van der Waals surface area (Å²) in [4.78, 5) is 19.7. The second-order valence-corrected chi connectivity index (χ2v) is 7.59. The van der Waals surface area contributed by atoms with Crippen LogP contribution in [-0.4, -0.2) is 64.3 Å². The fourth-order valence-corrected chi connectivity index (χ4v) is 4.13. The summed E-state index contributed by atoms with van der Waals surface area (Å²) in [6.45, 7) is 5.38. The Hall–Kier alpha value is -2.89. The van der Waals surface area contributed by atoms with Gasteiger partial charge in [-0.25, -0.2) is 0 Å². The predicted molar refractivity (Wildman–Crippen MR) is 116 cm³/mol. The maximum Gasteiger partial charge on any atom is 0.254 e. The largest absolute Gasteiger partial charge is 0.497 e. The van der Waals surface area contributed by atoms with Gasteiger partial charge in [0.05, 0.1) is 14.2 Å². The number of rotatable bonds is 5. The molecule has 2 aliphatic heterocycles. The normalized spacial score (nSPS) is 16.8. The lowest BCUT2D eigenvalue weighted by atomic mass is 10.1. The number of hydrogen-bond acceptors (Lipinski definition) is 5. The Morgan fingerprint density at radius 3 is 1.69 bits per heavy atom. The van der Waals surface area contributed by atoms with Crippen molar-refractivity contribution in [3.63, 3.8) is 0 Å². The van der Waals surface area contributed by atoms with Crippen molar-refractivity contribution in [3.8, 4) is 11.5 Å². The van der Waals surface area contributed by atoms with Gasteiger partial charge in [0, 0.05) is 62.3 Å². The zero-order chi connectivity index (χ0) is 20.2. The molecule has 2 aromatic carbocycles. The lowest BCUT2D eigenvalue weighted by molar-refractivity contribution is 0.0746. The van der Waals surface area contributed by atoms with Crippen LogP contribution in [0.2, 0.25) is 0 Å². The number of carbonyl (C=O) groups excluding carboxylic acids is 1. The predicted octanol–water partition coefficient (Wildman–Crippen LogP) is 3.27. The lowest BCUT2D eigenvalue weighted by Gasteiger charge is -2.36. The Morgan fingerprint density at radius 2 is 1.21 bits per heavy atom. The summed E-state index contributed by atoms with van der Waals surface area (Å²) < 4.78 is 10.6. The Kier molecular flexibility index (Phi) is 5.79. The monoisotopic (exact) mass is 395 g/mol. The van der Waals surface area contributed by atoms with E-state index in [9.17, 15) is 4.79 Å². The summed E-state index contributed by atoms with van der Waals surface area (Å²) in [7, 11) is 3.19. The molecular formula is C23H29N3O3. The molecule has 0 atom stereocenters. The third-order valence-corrected chi connectivity index (χ3v) is 5.85. The number of piperazine rings is 1. The van der Waals surface area contributed by atoms with Crippen LogP contribution in [0.25, 0.3) is 0 Å². The molecule has 6 nitrogen and oxygen atoms in total. The van der Waals surface area contributed by atoms with E-state index in [4.69, 9.17) is 9.47 Å². The molecule has 2 saturated heterocycles. The molecule has 0 unspecified atom stereocenters. The minimum Gasteiger partial charge on any atom is -0.497 e. The van der Waals surface area contributed by atoms with E-state index in [1.807, 2.05) is 4.90 Å². The van der Waals surface area contributed by atoms with Crippen LogP contribution in [0.3, 0.4) is 0 Å². The first-order chi connectivity index (χ1) is 14.2. The van der Waals surface area contributed by atoms with E-state index in [1.54, 1.807) is 32.4 Å². The van der Waals surface area contributed by atoms with Gasteiger partial charge in [0.1, 0.15) is 11.5 Å². The topological polar surface area (TPSA) is 45.3 Å². The SMILES string of the molecule is COc1cc(OC)cc(C(=O)N2CCN(c3ccc(N4CCCC4)cc3)CC2)c1. The number of hydrogen-bond donors (Lipinski definition) is 0. The Labute approximate surface area is 172 Å². The summed E-state index contributed by atoms with van der Waals surface area (Å²) in [6, 6.07) is 14.2. The van der Waals surface area contributed by atoms with Crippen LogP contribution in [0, 0.1) is 0 Å². The van der Waals surface area contributed by atoms with Gasteiger partial charge < -0.3 is 24.2 Å². The molecule has 0 spiro atoms. The fourth-order valence-electron chi connectivity index (χ4n) is 4.13. The maximum atomic E-state index is 13.0. The maximum absolute atomic E-state index is 13.0.